The molecule has 0 spiro atoms. The van der Waals surface area contributed by atoms with E-state index in [2.05, 4.69) is 36.9 Å². The molecule has 0 aromatic carbocycles. The van der Waals surface area contributed by atoms with Gasteiger partial charge in [0.15, 0.2) is 0 Å². The highest BCUT2D eigenvalue weighted by molar-refractivity contribution is 5.25. The van der Waals surface area contributed by atoms with Crippen LogP contribution < -0.4 is 0 Å². The van der Waals surface area contributed by atoms with Crippen molar-refractivity contribution in [2.24, 2.45) is 13.0 Å². The Kier molecular flexibility index (Phi) is 2.87. The normalized spacial score (nSPS) is 29.4. The number of rotatable bonds is 5. The maximum absolute atomic E-state index is 5.76. The zero-order chi connectivity index (χ0) is 10.9. The summed E-state index contributed by atoms with van der Waals surface area (Å²) < 4.78 is 7.95. The molecular formula is C13H21NO. The molecule has 1 aliphatic rings. The minimum absolute atomic E-state index is 0.0351. The van der Waals surface area contributed by atoms with E-state index in [1.165, 1.54) is 31.4 Å². The molecule has 84 valence electrons. The van der Waals surface area contributed by atoms with E-state index in [4.69, 9.17) is 4.74 Å². The summed E-state index contributed by atoms with van der Waals surface area (Å²) in [5.41, 5.74) is 1.37. The molecule has 0 amide bonds. The third-order valence-electron chi connectivity index (χ3n) is 3.70. The van der Waals surface area contributed by atoms with Gasteiger partial charge >= 0.3 is 0 Å². The summed E-state index contributed by atoms with van der Waals surface area (Å²) in [6.07, 6.45) is 7.20. The highest BCUT2D eigenvalue weighted by atomic mass is 16.5. The molecule has 15 heavy (non-hydrogen) atoms. The number of aryl methyl sites for hydroxylation is 1. The second kappa shape index (κ2) is 4.01. The zero-order valence-corrected chi connectivity index (χ0v) is 9.99. The Bertz CT molecular complexity index is 331. The molecule has 1 aromatic rings. The van der Waals surface area contributed by atoms with Crippen molar-refractivity contribution in [1.29, 1.82) is 0 Å². The van der Waals surface area contributed by atoms with E-state index in [0.29, 0.717) is 0 Å². The Labute approximate surface area is 92.2 Å². The van der Waals surface area contributed by atoms with Gasteiger partial charge in [-0.05, 0) is 30.9 Å². The van der Waals surface area contributed by atoms with Gasteiger partial charge in [-0.3, -0.25) is 0 Å². The van der Waals surface area contributed by atoms with Crippen LogP contribution in [0.1, 0.15) is 38.3 Å². The van der Waals surface area contributed by atoms with Gasteiger partial charge in [0.05, 0.1) is 0 Å². The van der Waals surface area contributed by atoms with Crippen molar-refractivity contribution in [2.75, 3.05) is 7.11 Å². The molecule has 0 bridgehead atoms. The van der Waals surface area contributed by atoms with Crippen LogP contribution in [0.2, 0.25) is 0 Å². The lowest BCUT2D eigenvalue weighted by molar-refractivity contribution is 0.0557. The van der Waals surface area contributed by atoms with E-state index < -0.39 is 0 Å². The van der Waals surface area contributed by atoms with Gasteiger partial charge in [-0.2, -0.15) is 0 Å². The minimum atomic E-state index is 0.0351. The smallest absolute Gasteiger partial charge is 0.111 e. The van der Waals surface area contributed by atoms with Crippen molar-refractivity contribution in [3.05, 3.63) is 24.0 Å². The monoisotopic (exact) mass is 207 g/mol. The lowest BCUT2D eigenvalue weighted by atomic mass is 10.1. The Balaban J connectivity index is 2.10. The second-order valence-electron chi connectivity index (χ2n) is 4.64. The van der Waals surface area contributed by atoms with E-state index in [1.54, 1.807) is 0 Å². The van der Waals surface area contributed by atoms with Crippen LogP contribution in [0.5, 0.6) is 0 Å². The summed E-state index contributed by atoms with van der Waals surface area (Å²) in [7, 11) is 3.95. The summed E-state index contributed by atoms with van der Waals surface area (Å²) in [6, 6.07) is 4.29. The quantitative estimate of drug-likeness (QED) is 0.723. The Morgan fingerprint density at radius 1 is 1.60 bits per heavy atom. The fraction of sp³-hybridized carbons (Fsp3) is 0.692. The summed E-state index contributed by atoms with van der Waals surface area (Å²) in [4.78, 5) is 0. The predicted molar refractivity (Wildman–Crippen MR) is 61.7 cm³/mol. The molecule has 2 nitrogen and oxygen atoms in total. The topological polar surface area (TPSA) is 14.2 Å². The van der Waals surface area contributed by atoms with Crippen LogP contribution in [0.3, 0.4) is 0 Å². The van der Waals surface area contributed by atoms with E-state index in [-0.39, 0.29) is 5.60 Å². The lowest BCUT2D eigenvalue weighted by Crippen LogP contribution is -2.16. The number of nitrogens with zero attached hydrogens (tertiary/aromatic N) is 1. The number of hydrogen-bond donors (Lipinski definition) is 0. The van der Waals surface area contributed by atoms with Crippen molar-refractivity contribution in [2.45, 2.75) is 38.2 Å². The average molecular weight is 207 g/mol. The summed E-state index contributed by atoms with van der Waals surface area (Å²) in [5, 5.41) is 0. The van der Waals surface area contributed by atoms with Crippen LogP contribution in [0, 0.1) is 5.92 Å². The first-order valence-electron chi connectivity index (χ1n) is 5.91. The van der Waals surface area contributed by atoms with Crippen molar-refractivity contribution in [3.63, 3.8) is 0 Å². The number of aromatic nitrogens is 1. The first kappa shape index (κ1) is 10.7. The van der Waals surface area contributed by atoms with Crippen LogP contribution in [-0.4, -0.2) is 11.7 Å². The van der Waals surface area contributed by atoms with Gasteiger partial charge in [0.1, 0.15) is 5.60 Å². The first-order valence-corrected chi connectivity index (χ1v) is 5.91. The lowest BCUT2D eigenvalue weighted by Gasteiger charge is -2.17. The molecule has 1 heterocycles. The zero-order valence-electron chi connectivity index (χ0n) is 9.99. The maximum atomic E-state index is 5.76. The maximum Gasteiger partial charge on any atom is 0.111 e. The third-order valence-corrected chi connectivity index (χ3v) is 3.70. The number of methoxy groups -OCH3 is 1. The van der Waals surface area contributed by atoms with E-state index >= 15 is 0 Å². The highest BCUT2D eigenvalue weighted by Gasteiger charge is 2.56. The van der Waals surface area contributed by atoms with Gasteiger partial charge in [-0.25, -0.2) is 0 Å². The molecule has 2 unspecified atom stereocenters. The number of hydrogen-bond acceptors (Lipinski definition) is 1. The highest BCUT2D eigenvalue weighted by Crippen LogP contribution is 2.57. The standard InChI is InChI=1S/C13H21NO/c1-4-5-7-11-10-13(11,15-3)12-8-6-9-14(12)2/h6,8-9,11H,4-5,7,10H2,1-3H3. The first-order chi connectivity index (χ1) is 7.24. The molecule has 0 aliphatic heterocycles. The Hall–Kier alpha value is -0.760. The van der Waals surface area contributed by atoms with E-state index in [1.807, 2.05) is 7.11 Å². The molecule has 1 fully saturated rings. The summed E-state index contributed by atoms with van der Waals surface area (Å²) >= 11 is 0. The fourth-order valence-electron chi connectivity index (χ4n) is 2.66. The minimum Gasteiger partial charge on any atom is -0.372 e. The molecule has 2 rings (SSSR count). The van der Waals surface area contributed by atoms with Gasteiger partial charge in [-0.15, -0.1) is 0 Å². The van der Waals surface area contributed by atoms with Gasteiger partial charge in [0.2, 0.25) is 0 Å². The van der Waals surface area contributed by atoms with Crippen LogP contribution >= 0.6 is 0 Å². The molecule has 2 heteroatoms. The molecule has 1 aromatic heterocycles. The molecule has 0 radical (unpaired) electrons. The Morgan fingerprint density at radius 3 is 2.93 bits per heavy atom. The van der Waals surface area contributed by atoms with Gasteiger partial charge in [-0.1, -0.05) is 19.8 Å². The average Bonchev–Trinajstić information content (AvgIpc) is 2.80. The van der Waals surface area contributed by atoms with Crippen molar-refractivity contribution < 1.29 is 4.74 Å². The summed E-state index contributed by atoms with van der Waals surface area (Å²) in [5.74, 6) is 0.732. The van der Waals surface area contributed by atoms with Crippen molar-refractivity contribution in [1.82, 2.24) is 4.57 Å². The van der Waals surface area contributed by atoms with Gasteiger partial charge < -0.3 is 9.30 Å². The molecule has 1 aliphatic carbocycles. The Morgan fingerprint density at radius 2 is 2.40 bits per heavy atom. The van der Waals surface area contributed by atoms with Gasteiger partial charge in [0.25, 0.3) is 0 Å². The van der Waals surface area contributed by atoms with Crippen LogP contribution in [0.25, 0.3) is 0 Å². The molecule has 1 saturated carbocycles. The van der Waals surface area contributed by atoms with Gasteiger partial charge in [0, 0.05) is 26.0 Å². The fourth-order valence-corrected chi connectivity index (χ4v) is 2.66. The predicted octanol–water partition coefficient (Wildman–Crippen LogP) is 3.08. The van der Waals surface area contributed by atoms with E-state index in [9.17, 15) is 0 Å². The molecule has 2 atom stereocenters. The molecular weight excluding hydrogens is 186 g/mol. The second-order valence-corrected chi connectivity index (χ2v) is 4.64. The number of ether oxygens (including phenoxy) is 1. The van der Waals surface area contributed by atoms with Crippen molar-refractivity contribution in [3.8, 4) is 0 Å². The van der Waals surface area contributed by atoms with Crippen LogP contribution in [0.4, 0.5) is 0 Å². The van der Waals surface area contributed by atoms with Crippen LogP contribution in [-0.2, 0) is 17.4 Å². The van der Waals surface area contributed by atoms with E-state index in [0.717, 1.165) is 5.92 Å². The SMILES string of the molecule is CCCCC1CC1(OC)c1cccn1C. The third kappa shape index (κ3) is 1.71. The molecule has 0 N–H and O–H groups in total. The summed E-state index contributed by atoms with van der Waals surface area (Å²) in [6.45, 7) is 2.25. The van der Waals surface area contributed by atoms with Crippen molar-refractivity contribution >= 4 is 0 Å². The van der Waals surface area contributed by atoms with Crippen LogP contribution in [0.15, 0.2) is 18.3 Å². The number of unbranched alkanes of at least 4 members (excludes halogenated alkanes) is 1. The largest absolute Gasteiger partial charge is 0.372 e. The molecule has 0 saturated heterocycles.